The van der Waals surface area contributed by atoms with Crippen molar-refractivity contribution in [2.45, 2.75) is 148 Å². The van der Waals surface area contributed by atoms with Crippen molar-refractivity contribution in [3.63, 3.8) is 0 Å². The Morgan fingerprint density at radius 3 is 1.64 bits per heavy atom. The molecule has 0 spiro atoms. The van der Waals surface area contributed by atoms with E-state index in [4.69, 9.17) is 0 Å². The normalized spacial score (nSPS) is 11.5. The molecule has 0 unspecified atom stereocenters. The highest BCUT2D eigenvalue weighted by molar-refractivity contribution is 7.86. The summed E-state index contributed by atoms with van der Waals surface area (Å²) in [4.78, 5) is 0.152. The number of hydrogen-bond donors (Lipinski definition) is 2. The Morgan fingerprint density at radius 2 is 1.13 bits per heavy atom. The second-order valence-electron chi connectivity index (χ2n) is 11.0. The number of nitrogens with one attached hydrogen (secondary N) is 1. The second-order valence-corrected chi connectivity index (χ2v) is 12.4. The minimum Gasteiger partial charge on any atom is -0.317 e. The quantitative estimate of drug-likeness (QED) is 0.117. The van der Waals surface area contributed by atoms with Gasteiger partial charge < -0.3 is 5.32 Å². The van der Waals surface area contributed by atoms with Crippen LogP contribution in [-0.4, -0.2) is 26.1 Å². The summed E-state index contributed by atoms with van der Waals surface area (Å²) in [5.74, 6) is 0. The van der Waals surface area contributed by atoms with Crippen LogP contribution in [0.4, 0.5) is 0 Å². The van der Waals surface area contributed by atoms with Gasteiger partial charge >= 0.3 is 0 Å². The predicted octanol–water partition coefficient (Wildman–Crippen LogP) is 10.1. The molecule has 0 atom stereocenters. The number of fused-ring (bicyclic) bond motifs is 1. The Bertz CT molecular complexity index is 983. The molecule has 0 aromatic heterocycles. The van der Waals surface area contributed by atoms with E-state index in [-0.39, 0.29) is 4.90 Å². The summed E-state index contributed by atoms with van der Waals surface area (Å²) < 4.78 is 35.1. The van der Waals surface area contributed by atoms with Gasteiger partial charge in [0.2, 0.25) is 0 Å². The summed E-state index contributed by atoms with van der Waals surface area (Å²) in [5.41, 5.74) is 1.96. The van der Waals surface area contributed by atoms with Crippen LogP contribution in [0.5, 0.6) is 0 Å². The zero-order chi connectivity index (χ0) is 28.8. The van der Waals surface area contributed by atoms with Gasteiger partial charge in [-0.25, -0.2) is 0 Å². The Kier molecular flexibility index (Phi) is 20.3. The molecule has 0 amide bonds. The third-order valence-electron chi connectivity index (χ3n) is 7.39. The maximum absolute atomic E-state index is 12.5. The topological polar surface area (TPSA) is 66.4 Å². The molecule has 0 aliphatic carbocycles. The largest absolute Gasteiger partial charge is 0.317 e. The molecule has 5 heteroatoms. The summed E-state index contributed by atoms with van der Waals surface area (Å²) in [6, 6.07) is 9.73. The first kappa shape index (κ1) is 35.6. The average Bonchev–Trinajstić information content (AvgIpc) is 2.92. The highest BCUT2D eigenvalue weighted by Gasteiger charge is 2.22. The molecular weight excluding hydrogens is 502 g/mol. The van der Waals surface area contributed by atoms with Crippen molar-refractivity contribution in [2.24, 2.45) is 0 Å². The molecule has 39 heavy (non-hydrogen) atoms. The summed E-state index contributed by atoms with van der Waals surface area (Å²) in [7, 11) is -4.28. The maximum Gasteiger partial charge on any atom is 0.295 e. The van der Waals surface area contributed by atoms with Crippen LogP contribution in [-0.2, 0) is 23.0 Å². The summed E-state index contributed by atoms with van der Waals surface area (Å²) in [5, 5.41) is 4.84. The van der Waals surface area contributed by atoms with Gasteiger partial charge in [-0.2, -0.15) is 8.42 Å². The molecule has 0 aliphatic heterocycles. The van der Waals surface area contributed by atoms with Crippen LogP contribution in [0.15, 0.2) is 35.2 Å². The number of rotatable bonds is 21. The first-order valence-corrected chi connectivity index (χ1v) is 17.6. The van der Waals surface area contributed by atoms with E-state index in [1.54, 1.807) is 0 Å². The number of aryl methyl sites for hydroxylation is 1. The SMILES string of the molecule is CCCCCCCCCc1cc2ccccc2c(S(=O)(=O)O)c1CCCCCCCCC.CCCNCCC. The fourth-order valence-electron chi connectivity index (χ4n) is 5.21. The van der Waals surface area contributed by atoms with Gasteiger partial charge in [0.05, 0.1) is 0 Å². The smallest absolute Gasteiger partial charge is 0.295 e. The standard InChI is InChI=1S/C28H44O3S.C6H15N/c1-3-5-7-9-11-13-15-19-24-23-25-20-17-18-22-27(25)28(32(29,30)31)26(24)21-16-14-12-10-8-6-4-2;1-3-5-7-6-4-2/h17-18,20,22-23H,3-16,19,21H2,1-2H3,(H,29,30,31);7H,3-6H2,1-2H3. The van der Waals surface area contributed by atoms with Crippen molar-refractivity contribution in [3.05, 3.63) is 41.5 Å². The summed E-state index contributed by atoms with van der Waals surface area (Å²) >= 11 is 0. The molecule has 0 radical (unpaired) electrons. The Labute approximate surface area is 241 Å². The zero-order valence-corrected chi connectivity index (χ0v) is 26.5. The maximum atomic E-state index is 12.5. The van der Waals surface area contributed by atoms with E-state index >= 15 is 0 Å². The van der Waals surface area contributed by atoms with Crippen molar-refractivity contribution in [3.8, 4) is 0 Å². The summed E-state index contributed by atoms with van der Waals surface area (Å²) in [6.07, 6.45) is 21.1. The predicted molar refractivity (Wildman–Crippen MR) is 171 cm³/mol. The van der Waals surface area contributed by atoms with E-state index in [1.165, 1.54) is 96.6 Å². The third kappa shape index (κ3) is 15.2. The molecule has 0 saturated carbocycles. The lowest BCUT2D eigenvalue weighted by molar-refractivity contribution is 0.482. The van der Waals surface area contributed by atoms with E-state index in [0.29, 0.717) is 5.39 Å². The van der Waals surface area contributed by atoms with E-state index in [0.717, 1.165) is 48.6 Å². The van der Waals surface area contributed by atoms with Crippen molar-refractivity contribution in [1.82, 2.24) is 5.32 Å². The fourth-order valence-corrected chi connectivity index (χ4v) is 6.22. The molecule has 2 N–H and O–H groups in total. The van der Waals surface area contributed by atoms with Gasteiger partial charge in [0.1, 0.15) is 4.90 Å². The Hall–Kier alpha value is -1.43. The van der Waals surface area contributed by atoms with Crippen molar-refractivity contribution < 1.29 is 13.0 Å². The molecule has 224 valence electrons. The molecule has 2 aromatic carbocycles. The highest BCUT2D eigenvalue weighted by atomic mass is 32.2. The van der Waals surface area contributed by atoms with Crippen molar-refractivity contribution in [1.29, 1.82) is 0 Å². The number of hydrogen-bond acceptors (Lipinski definition) is 3. The molecule has 0 fully saturated rings. The van der Waals surface area contributed by atoms with Crippen LogP contribution < -0.4 is 5.32 Å². The van der Waals surface area contributed by atoms with Crippen LogP contribution in [0, 0.1) is 0 Å². The molecule has 2 rings (SSSR count). The molecule has 0 bridgehead atoms. The van der Waals surface area contributed by atoms with Gasteiger partial charge in [-0.05, 0) is 68.1 Å². The monoisotopic (exact) mass is 561 g/mol. The van der Waals surface area contributed by atoms with E-state index in [9.17, 15) is 13.0 Å². The lowest BCUT2D eigenvalue weighted by Gasteiger charge is -2.17. The Morgan fingerprint density at radius 1 is 0.641 bits per heavy atom. The minimum absolute atomic E-state index is 0.152. The average molecular weight is 562 g/mol. The Balaban J connectivity index is 0.000000956. The van der Waals surface area contributed by atoms with Crippen LogP contribution in [0.1, 0.15) is 142 Å². The van der Waals surface area contributed by atoms with Crippen molar-refractivity contribution >= 4 is 20.9 Å². The first-order chi connectivity index (χ1) is 18.9. The molecule has 0 saturated heterocycles. The number of benzene rings is 2. The van der Waals surface area contributed by atoms with Crippen LogP contribution >= 0.6 is 0 Å². The van der Waals surface area contributed by atoms with E-state index in [1.807, 2.05) is 24.3 Å². The third-order valence-corrected chi connectivity index (χ3v) is 8.37. The van der Waals surface area contributed by atoms with E-state index < -0.39 is 10.1 Å². The van der Waals surface area contributed by atoms with Gasteiger partial charge in [0, 0.05) is 5.39 Å². The highest BCUT2D eigenvalue weighted by Crippen LogP contribution is 2.32. The molecule has 4 nitrogen and oxygen atoms in total. The lowest BCUT2D eigenvalue weighted by atomic mass is 9.93. The van der Waals surface area contributed by atoms with Gasteiger partial charge in [-0.15, -0.1) is 0 Å². The fraction of sp³-hybridized carbons (Fsp3) is 0.706. The minimum atomic E-state index is -4.28. The molecule has 0 aliphatic rings. The number of unbranched alkanes of at least 4 members (excludes halogenated alkanes) is 12. The van der Waals surface area contributed by atoms with E-state index in [2.05, 4.69) is 39.1 Å². The molecule has 0 heterocycles. The first-order valence-electron chi connectivity index (χ1n) is 16.1. The zero-order valence-electron chi connectivity index (χ0n) is 25.7. The van der Waals surface area contributed by atoms with Gasteiger partial charge in [0.15, 0.2) is 0 Å². The molecule has 2 aromatic rings. The van der Waals surface area contributed by atoms with Crippen LogP contribution in [0.3, 0.4) is 0 Å². The second kappa shape index (κ2) is 22.3. The van der Waals surface area contributed by atoms with Crippen molar-refractivity contribution in [2.75, 3.05) is 13.1 Å². The lowest BCUT2D eigenvalue weighted by Crippen LogP contribution is -2.14. The van der Waals surface area contributed by atoms with Crippen LogP contribution in [0.2, 0.25) is 0 Å². The van der Waals surface area contributed by atoms with Gasteiger partial charge in [-0.1, -0.05) is 135 Å². The van der Waals surface area contributed by atoms with Crippen LogP contribution in [0.25, 0.3) is 10.8 Å². The van der Waals surface area contributed by atoms with Gasteiger partial charge in [-0.3, -0.25) is 4.55 Å². The summed E-state index contributed by atoms with van der Waals surface area (Å²) in [6.45, 7) is 11.2. The molecular formula is C34H59NO3S. The van der Waals surface area contributed by atoms with Gasteiger partial charge in [0.25, 0.3) is 10.1 Å².